The molecular weight excluding hydrogens is 376 g/mol. The summed E-state index contributed by atoms with van der Waals surface area (Å²) >= 11 is 0. The van der Waals surface area contributed by atoms with Crippen LogP contribution in [0.2, 0.25) is 0 Å². The van der Waals surface area contributed by atoms with E-state index >= 15 is 0 Å². The molecule has 2 aromatic heterocycles. The number of hydrogen-bond acceptors (Lipinski definition) is 3. The summed E-state index contributed by atoms with van der Waals surface area (Å²) in [6.07, 6.45) is -0.934. The van der Waals surface area contributed by atoms with E-state index in [0.29, 0.717) is 11.4 Å². The molecule has 1 N–H and O–H groups in total. The Morgan fingerprint density at radius 1 is 1.29 bits per heavy atom. The molecule has 0 spiro atoms. The molecular formula is C19H16F4N4O. The lowest BCUT2D eigenvalue weighted by atomic mass is 10.1. The number of alkyl halides is 2. The highest BCUT2D eigenvalue weighted by Crippen LogP contribution is 2.41. The van der Waals surface area contributed by atoms with Crippen molar-refractivity contribution < 1.29 is 22.4 Å². The second-order valence-electron chi connectivity index (χ2n) is 6.83. The van der Waals surface area contributed by atoms with E-state index in [1.807, 2.05) is 0 Å². The molecule has 146 valence electrons. The van der Waals surface area contributed by atoms with Crippen molar-refractivity contribution in [1.82, 2.24) is 14.8 Å². The summed E-state index contributed by atoms with van der Waals surface area (Å²) in [5.41, 5.74) is 0.600. The van der Waals surface area contributed by atoms with Gasteiger partial charge in [-0.05, 0) is 38.0 Å². The van der Waals surface area contributed by atoms with Gasteiger partial charge in [-0.3, -0.25) is 4.79 Å². The number of pyridine rings is 1. The van der Waals surface area contributed by atoms with Crippen LogP contribution in [0.3, 0.4) is 0 Å². The van der Waals surface area contributed by atoms with Gasteiger partial charge in [0, 0.05) is 23.2 Å². The first-order valence-electron chi connectivity index (χ1n) is 8.74. The first-order chi connectivity index (χ1) is 13.3. The Bertz CT molecular complexity index is 1080. The molecule has 0 bridgehead atoms. The number of halogens is 4. The van der Waals surface area contributed by atoms with Gasteiger partial charge in [0.2, 0.25) is 5.91 Å². The molecule has 0 atom stereocenters. The smallest absolute Gasteiger partial charge is 0.264 e. The summed E-state index contributed by atoms with van der Waals surface area (Å²) in [6, 6.07) is 4.10. The number of amides is 1. The number of rotatable bonds is 5. The van der Waals surface area contributed by atoms with Crippen LogP contribution in [0.25, 0.3) is 11.0 Å². The summed E-state index contributed by atoms with van der Waals surface area (Å²) in [6.45, 7) is 1.19. The fourth-order valence-corrected chi connectivity index (χ4v) is 3.20. The Morgan fingerprint density at radius 3 is 2.71 bits per heavy atom. The Morgan fingerprint density at radius 2 is 2.04 bits per heavy atom. The summed E-state index contributed by atoms with van der Waals surface area (Å²) in [7, 11) is 0. The molecule has 1 amide bonds. The maximum absolute atomic E-state index is 13.7. The summed E-state index contributed by atoms with van der Waals surface area (Å²) in [4.78, 5) is 16.8. The molecule has 1 aliphatic rings. The molecule has 1 saturated carbocycles. The number of carbonyl (C=O) groups is 1. The lowest BCUT2D eigenvalue weighted by Gasteiger charge is -2.09. The van der Waals surface area contributed by atoms with E-state index in [0.717, 1.165) is 31.0 Å². The van der Waals surface area contributed by atoms with Crippen LogP contribution in [0.1, 0.15) is 42.1 Å². The van der Waals surface area contributed by atoms with E-state index < -0.39 is 24.0 Å². The van der Waals surface area contributed by atoms with Crippen LogP contribution in [0.4, 0.5) is 23.2 Å². The van der Waals surface area contributed by atoms with Gasteiger partial charge in [-0.15, -0.1) is 0 Å². The van der Waals surface area contributed by atoms with Gasteiger partial charge >= 0.3 is 0 Å². The van der Waals surface area contributed by atoms with E-state index in [-0.39, 0.29) is 34.7 Å². The molecule has 9 heteroatoms. The van der Waals surface area contributed by atoms with Crippen molar-refractivity contribution in [3.05, 3.63) is 52.9 Å². The molecule has 0 aliphatic heterocycles. The number of anilines is 1. The third-order valence-electron chi connectivity index (χ3n) is 4.65. The highest BCUT2D eigenvalue weighted by molar-refractivity contribution is 5.92. The van der Waals surface area contributed by atoms with Gasteiger partial charge in [0.05, 0.1) is 16.8 Å². The molecule has 0 radical (unpaired) electrons. The average molecular weight is 392 g/mol. The second kappa shape index (κ2) is 6.88. The SMILES string of the molecule is Cc1nn(CC(=O)Nc2cc(F)ccc2F)c2nc(C3CC3)cc(C(F)F)c12. The van der Waals surface area contributed by atoms with Crippen LogP contribution in [0, 0.1) is 18.6 Å². The van der Waals surface area contributed by atoms with Crippen molar-refractivity contribution in [1.29, 1.82) is 0 Å². The maximum Gasteiger partial charge on any atom is 0.264 e. The number of hydrogen-bond donors (Lipinski definition) is 1. The monoisotopic (exact) mass is 392 g/mol. The van der Waals surface area contributed by atoms with Gasteiger partial charge in [0.25, 0.3) is 6.43 Å². The van der Waals surface area contributed by atoms with E-state index in [2.05, 4.69) is 15.4 Å². The Kier molecular flexibility index (Phi) is 4.52. The van der Waals surface area contributed by atoms with Crippen molar-refractivity contribution in [3.63, 3.8) is 0 Å². The maximum atomic E-state index is 13.7. The highest BCUT2D eigenvalue weighted by atomic mass is 19.3. The topological polar surface area (TPSA) is 59.8 Å². The van der Waals surface area contributed by atoms with Gasteiger partial charge in [-0.2, -0.15) is 5.10 Å². The lowest BCUT2D eigenvalue weighted by Crippen LogP contribution is -2.20. The van der Waals surface area contributed by atoms with E-state index in [1.54, 1.807) is 6.92 Å². The van der Waals surface area contributed by atoms with Gasteiger partial charge in [0.1, 0.15) is 18.2 Å². The molecule has 5 nitrogen and oxygen atoms in total. The zero-order chi connectivity index (χ0) is 20.0. The predicted molar refractivity (Wildman–Crippen MR) is 94.2 cm³/mol. The minimum Gasteiger partial charge on any atom is -0.322 e. The molecule has 1 aromatic carbocycles. The molecule has 0 unspecified atom stereocenters. The van der Waals surface area contributed by atoms with E-state index in [1.165, 1.54) is 10.7 Å². The number of nitrogens with one attached hydrogen (secondary N) is 1. The largest absolute Gasteiger partial charge is 0.322 e. The number of carbonyl (C=O) groups excluding carboxylic acids is 1. The van der Waals surface area contributed by atoms with Crippen LogP contribution in [0.15, 0.2) is 24.3 Å². The van der Waals surface area contributed by atoms with Gasteiger partial charge in [-0.25, -0.2) is 27.2 Å². The molecule has 1 aliphatic carbocycles. The Hall–Kier alpha value is -2.97. The summed E-state index contributed by atoms with van der Waals surface area (Å²) < 4.78 is 55.3. The van der Waals surface area contributed by atoms with Crippen LogP contribution < -0.4 is 5.32 Å². The van der Waals surface area contributed by atoms with Crippen LogP contribution in [0.5, 0.6) is 0 Å². The van der Waals surface area contributed by atoms with Crippen molar-refractivity contribution in [2.24, 2.45) is 0 Å². The fourth-order valence-electron chi connectivity index (χ4n) is 3.20. The first kappa shape index (κ1) is 18.4. The van der Waals surface area contributed by atoms with Crippen molar-refractivity contribution in [3.8, 4) is 0 Å². The normalized spacial score (nSPS) is 14.1. The molecule has 28 heavy (non-hydrogen) atoms. The quantitative estimate of drug-likeness (QED) is 0.652. The minimum atomic E-state index is -2.70. The zero-order valence-electron chi connectivity index (χ0n) is 14.8. The number of aromatic nitrogens is 3. The van der Waals surface area contributed by atoms with Crippen LogP contribution in [-0.4, -0.2) is 20.7 Å². The van der Waals surface area contributed by atoms with Crippen LogP contribution in [-0.2, 0) is 11.3 Å². The minimum absolute atomic E-state index is 0.140. The Balaban J connectivity index is 1.68. The number of nitrogens with zero attached hydrogens (tertiary/aromatic N) is 3. The van der Waals surface area contributed by atoms with Crippen molar-refractivity contribution in [2.75, 3.05) is 5.32 Å². The van der Waals surface area contributed by atoms with E-state index in [4.69, 9.17) is 0 Å². The van der Waals surface area contributed by atoms with Gasteiger partial charge < -0.3 is 5.32 Å². The highest BCUT2D eigenvalue weighted by Gasteiger charge is 2.29. The summed E-state index contributed by atoms with van der Waals surface area (Å²) in [5.74, 6) is -2.02. The predicted octanol–water partition coefficient (Wildman–Crippen LogP) is 4.47. The van der Waals surface area contributed by atoms with Gasteiger partial charge in [0.15, 0.2) is 5.65 Å². The van der Waals surface area contributed by atoms with E-state index in [9.17, 15) is 22.4 Å². The second-order valence-corrected chi connectivity index (χ2v) is 6.83. The lowest BCUT2D eigenvalue weighted by molar-refractivity contribution is -0.116. The molecule has 3 aromatic rings. The molecule has 1 fully saturated rings. The first-order valence-corrected chi connectivity index (χ1v) is 8.74. The zero-order valence-corrected chi connectivity index (χ0v) is 14.8. The fraction of sp³-hybridized carbons (Fsp3) is 0.316. The Labute approximate surface area is 157 Å². The molecule has 4 rings (SSSR count). The van der Waals surface area contributed by atoms with Gasteiger partial charge in [-0.1, -0.05) is 0 Å². The van der Waals surface area contributed by atoms with Crippen LogP contribution >= 0.6 is 0 Å². The van der Waals surface area contributed by atoms with Crippen molar-refractivity contribution >= 4 is 22.6 Å². The average Bonchev–Trinajstić information content (AvgIpc) is 3.43. The summed E-state index contributed by atoms with van der Waals surface area (Å²) in [5, 5.41) is 6.65. The number of fused-ring (bicyclic) bond motifs is 1. The standard InChI is InChI=1S/C19H16F4N4O/c1-9-17-12(18(22)23)7-14(10-2-3-10)25-19(17)27(26-9)8-16(28)24-15-6-11(20)4-5-13(15)21/h4-7,10,18H,2-3,8H2,1H3,(H,24,28). The van der Waals surface area contributed by atoms with Crippen molar-refractivity contribution in [2.45, 2.75) is 38.7 Å². The number of aryl methyl sites for hydroxylation is 1. The third-order valence-corrected chi connectivity index (χ3v) is 4.65. The third kappa shape index (κ3) is 3.44. The molecule has 0 saturated heterocycles. The molecule has 2 heterocycles. The number of benzene rings is 1.